The molecule has 0 aliphatic heterocycles. The standard InChI is InChI=1S/C11H17P/c1-7(2)10-5-8(3)9(4)11(12)6-10/h5-7H,12H2,1-4H3. The van der Waals surface area contributed by atoms with Gasteiger partial charge in [-0.1, -0.05) is 26.0 Å². The van der Waals surface area contributed by atoms with Crippen molar-refractivity contribution in [3.05, 3.63) is 28.8 Å². The van der Waals surface area contributed by atoms with Crippen molar-refractivity contribution in [3.8, 4) is 0 Å². The number of hydrogen-bond donors (Lipinski definition) is 0. The fraction of sp³-hybridized carbons (Fsp3) is 0.455. The Bertz CT molecular complexity index is 264. The van der Waals surface area contributed by atoms with E-state index in [9.17, 15) is 0 Å². The van der Waals surface area contributed by atoms with Gasteiger partial charge >= 0.3 is 0 Å². The van der Waals surface area contributed by atoms with Gasteiger partial charge in [-0.05, 0) is 41.8 Å². The van der Waals surface area contributed by atoms with Gasteiger partial charge in [-0.2, -0.15) is 0 Å². The zero-order valence-corrected chi connectivity index (χ0v) is 9.46. The largest absolute Gasteiger partial charge is 0.105 e. The minimum atomic E-state index is 0.628. The molecule has 0 aliphatic rings. The van der Waals surface area contributed by atoms with Crippen LogP contribution in [0.15, 0.2) is 12.1 Å². The number of benzene rings is 1. The summed E-state index contributed by atoms with van der Waals surface area (Å²) < 4.78 is 0. The van der Waals surface area contributed by atoms with Gasteiger partial charge in [0.25, 0.3) is 0 Å². The van der Waals surface area contributed by atoms with Crippen LogP contribution < -0.4 is 5.30 Å². The predicted molar refractivity (Wildman–Crippen MR) is 59.3 cm³/mol. The molecule has 0 heterocycles. The van der Waals surface area contributed by atoms with Gasteiger partial charge in [0.2, 0.25) is 0 Å². The van der Waals surface area contributed by atoms with Crippen LogP contribution in [0.2, 0.25) is 0 Å². The van der Waals surface area contributed by atoms with E-state index in [4.69, 9.17) is 0 Å². The first kappa shape index (κ1) is 9.74. The van der Waals surface area contributed by atoms with Crippen LogP contribution in [0.3, 0.4) is 0 Å². The van der Waals surface area contributed by atoms with Crippen LogP contribution in [0.5, 0.6) is 0 Å². The van der Waals surface area contributed by atoms with Crippen molar-refractivity contribution < 1.29 is 0 Å². The summed E-state index contributed by atoms with van der Waals surface area (Å²) in [5.74, 6) is 0.628. The molecule has 1 rings (SSSR count). The Morgan fingerprint density at radius 2 is 1.75 bits per heavy atom. The van der Waals surface area contributed by atoms with E-state index in [2.05, 4.69) is 49.1 Å². The molecule has 0 saturated carbocycles. The van der Waals surface area contributed by atoms with Crippen molar-refractivity contribution in [2.75, 3.05) is 0 Å². The van der Waals surface area contributed by atoms with Gasteiger partial charge in [0, 0.05) is 0 Å². The summed E-state index contributed by atoms with van der Waals surface area (Å²) in [6, 6.07) is 4.55. The summed E-state index contributed by atoms with van der Waals surface area (Å²) in [5.41, 5.74) is 4.22. The maximum Gasteiger partial charge on any atom is -0.0218 e. The monoisotopic (exact) mass is 180 g/mol. The predicted octanol–water partition coefficient (Wildman–Crippen LogP) is 2.93. The highest BCUT2D eigenvalue weighted by Gasteiger charge is 2.03. The highest BCUT2D eigenvalue weighted by Crippen LogP contribution is 2.17. The fourth-order valence-electron chi connectivity index (χ4n) is 1.25. The third kappa shape index (κ3) is 1.87. The zero-order valence-electron chi connectivity index (χ0n) is 8.31. The molecule has 0 saturated heterocycles. The average Bonchev–Trinajstić information content (AvgIpc) is 1.99. The molecule has 0 nitrogen and oxygen atoms in total. The lowest BCUT2D eigenvalue weighted by Crippen LogP contribution is -2.03. The molecule has 1 aromatic carbocycles. The van der Waals surface area contributed by atoms with E-state index in [0.717, 1.165) is 0 Å². The average molecular weight is 180 g/mol. The SMILES string of the molecule is Cc1cc(C(C)C)cc(P)c1C. The van der Waals surface area contributed by atoms with Gasteiger partial charge in [0.1, 0.15) is 0 Å². The fourth-order valence-corrected chi connectivity index (χ4v) is 1.67. The molecule has 0 amide bonds. The third-order valence-corrected chi connectivity index (χ3v) is 3.00. The molecule has 0 fully saturated rings. The number of hydrogen-bond acceptors (Lipinski definition) is 0. The van der Waals surface area contributed by atoms with E-state index in [0.29, 0.717) is 5.92 Å². The van der Waals surface area contributed by atoms with Crippen LogP contribution in [0.25, 0.3) is 0 Å². The van der Waals surface area contributed by atoms with Gasteiger partial charge < -0.3 is 0 Å². The van der Waals surface area contributed by atoms with E-state index in [1.54, 1.807) is 0 Å². The van der Waals surface area contributed by atoms with E-state index >= 15 is 0 Å². The van der Waals surface area contributed by atoms with Crippen molar-refractivity contribution >= 4 is 14.5 Å². The summed E-state index contributed by atoms with van der Waals surface area (Å²) in [4.78, 5) is 0. The molecule has 0 N–H and O–H groups in total. The molecule has 1 aromatic rings. The normalized spacial score (nSPS) is 10.8. The van der Waals surface area contributed by atoms with Crippen molar-refractivity contribution in [1.29, 1.82) is 0 Å². The Kier molecular flexibility index (Phi) is 2.90. The van der Waals surface area contributed by atoms with Crippen LogP contribution in [0.1, 0.15) is 36.5 Å². The molecule has 0 spiro atoms. The lowest BCUT2D eigenvalue weighted by Gasteiger charge is -2.11. The molecular weight excluding hydrogens is 163 g/mol. The molecule has 0 bridgehead atoms. The minimum absolute atomic E-state index is 0.628. The molecule has 66 valence electrons. The maximum atomic E-state index is 2.80. The van der Waals surface area contributed by atoms with Crippen molar-refractivity contribution in [2.45, 2.75) is 33.6 Å². The lowest BCUT2D eigenvalue weighted by molar-refractivity contribution is 0.865. The summed E-state index contributed by atoms with van der Waals surface area (Å²) in [7, 11) is 2.80. The van der Waals surface area contributed by atoms with E-state index < -0.39 is 0 Å². The van der Waals surface area contributed by atoms with Gasteiger partial charge in [-0.15, -0.1) is 9.24 Å². The zero-order chi connectivity index (χ0) is 9.30. The molecular formula is C11H17P. The van der Waals surface area contributed by atoms with Crippen molar-refractivity contribution in [2.24, 2.45) is 0 Å². The van der Waals surface area contributed by atoms with Crippen molar-refractivity contribution in [1.82, 2.24) is 0 Å². The van der Waals surface area contributed by atoms with Gasteiger partial charge in [-0.25, -0.2) is 0 Å². The second-order valence-electron chi connectivity index (χ2n) is 3.71. The molecule has 1 heteroatoms. The first-order valence-corrected chi connectivity index (χ1v) is 4.96. The summed E-state index contributed by atoms with van der Waals surface area (Å²) in [5, 5.41) is 1.33. The molecule has 12 heavy (non-hydrogen) atoms. The van der Waals surface area contributed by atoms with Crippen LogP contribution in [-0.4, -0.2) is 0 Å². The highest BCUT2D eigenvalue weighted by molar-refractivity contribution is 7.27. The molecule has 0 aliphatic carbocycles. The first-order valence-electron chi connectivity index (χ1n) is 4.39. The van der Waals surface area contributed by atoms with Crippen LogP contribution in [0, 0.1) is 13.8 Å². The Morgan fingerprint density at radius 1 is 1.17 bits per heavy atom. The second-order valence-corrected chi connectivity index (χ2v) is 4.33. The third-order valence-electron chi connectivity index (χ3n) is 2.40. The van der Waals surface area contributed by atoms with E-state index in [1.165, 1.54) is 22.0 Å². The van der Waals surface area contributed by atoms with Gasteiger partial charge in [-0.3, -0.25) is 0 Å². The number of aryl methyl sites for hydroxylation is 1. The van der Waals surface area contributed by atoms with E-state index in [1.807, 2.05) is 0 Å². The lowest BCUT2D eigenvalue weighted by atomic mass is 9.98. The van der Waals surface area contributed by atoms with E-state index in [-0.39, 0.29) is 0 Å². The second kappa shape index (κ2) is 3.58. The highest BCUT2D eigenvalue weighted by atomic mass is 31.0. The summed E-state index contributed by atoms with van der Waals surface area (Å²) in [6.07, 6.45) is 0. The van der Waals surface area contributed by atoms with Crippen LogP contribution in [0.4, 0.5) is 0 Å². The summed E-state index contributed by atoms with van der Waals surface area (Å²) in [6.45, 7) is 8.80. The van der Waals surface area contributed by atoms with Gasteiger partial charge in [0.15, 0.2) is 0 Å². The van der Waals surface area contributed by atoms with Crippen LogP contribution >= 0.6 is 9.24 Å². The quantitative estimate of drug-likeness (QED) is 0.583. The van der Waals surface area contributed by atoms with Crippen molar-refractivity contribution in [3.63, 3.8) is 0 Å². The molecule has 0 radical (unpaired) electrons. The number of rotatable bonds is 1. The Hall–Kier alpha value is -0.350. The van der Waals surface area contributed by atoms with Gasteiger partial charge in [0.05, 0.1) is 0 Å². The minimum Gasteiger partial charge on any atom is -0.105 e. The smallest absolute Gasteiger partial charge is 0.0218 e. The molecule has 0 aromatic heterocycles. The molecule has 1 unspecified atom stereocenters. The first-order chi connectivity index (χ1) is 5.52. The summed E-state index contributed by atoms with van der Waals surface area (Å²) >= 11 is 0. The van der Waals surface area contributed by atoms with Crippen LogP contribution in [-0.2, 0) is 0 Å². The molecule has 1 atom stereocenters. The Morgan fingerprint density at radius 3 is 2.17 bits per heavy atom. The Balaban J connectivity index is 3.21. The maximum absolute atomic E-state index is 2.80. The Labute approximate surface area is 77.6 Å². The topological polar surface area (TPSA) is 0 Å².